The van der Waals surface area contributed by atoms with Gasteiger partial charge < -0.3 is 10.6 Å². The van der Waals surface area contributed by atoms with Crippen LogP contribution in [-0.2, 0) is 4.79 Å². The van der Waals surface area contributed by atoms with Crippen molar-refractivity contribution in [2.75, 3.05) is 11.1 Å². The molecule has 1 fully saturated rings. The summed E-state index contributed by atoms with van der Waals surface area (Å²) in [5.74, 6) is 1.24. The Bertz CT molecular complexity index is 1040. The number of fused-ring (bicyclic) bond motifs is 1. The van der Waals surface area contributed by atoms with Crippen LogP contribution < -0.4 is 16.0 Å². The van der Waals surface area contributed by atoms with Crippen molar-refractivity contribution >= 4 is 34.5 Å². The highest BCUT2D eigenvalue weighted by Crippen LogP contribution is 2.22. The summed E-state index contributed by atoms with van der Waals surface area (Å²) in [5, 5.41) is 11.5. The maximum atomic E-state index is 12.2. The molecule has 2 atom stereocenters. The molecule has 29 heavy (non-hydrogen) atoms. The zero-order chi connectivity index (χ0) is 20.4. The number of nitrogens with zero attached hydrogens (tertiary/aromatic N) is 3. The van der Waals surface area contributed by atoms with Crippen molar-refractivity contribution < 1.29 is 4.79 Å². The number of aryl methyl sites for hydroxylation is 3. The standard InChI is InChI=1S/C21H24N6OS/c1-12-8-16-14(3)23-20(25-17(16)9-13(12)2)27-21-24-15(10-18(28)26-21)11-29-19-6-4-5-7-22-19/h4-9,15,21,24H,10-11H2,1-3H3,(H,26,28)(H,23,25,27). The molecule has 7 nitrogen and oxygen atoms in total. The van der Waals surface area contributed by atoms with Crippen LogP contribution in [0, 0.1) is 20.8 Å². The molecule has 3 N–H and O–H groups in total. The summed E-state index contributed by atoms with van der Waals surface area (Å²) in [7, 11) is 0. The van der Waals surface area contributed by atoms with E-state index in [0.29, 0.717) is 12.4 Å². The highest BCUT2D eigenvalue weighted by Gasteiger charge is 2.26. The minimum absolute atomic E-state index is 0.00292. The third kappa shape index (κ3) is 4.65. The SMILES string of the molecule is Cc1cc2nc(NC3NC(=O)CC(CSc4ccccn4)N3)nc(C)c2cc1C. The lowest BCUT2D eigenvalue weighted by molar-refractivity contribution is -0.123. The molecule has 8 heteroatoms. The molecule has 4 rings (SSSR count). The van der Waals surface area contributed by atoms with Crippen molar-refractivity contribution in [3.05, 3.63) is 53.3 Å². The number of carbonyl (C=O) groups excluding carboxylic acids is 1. The Morgan fingerprint density at radius 3 is 2.79 bits per heavy atom. The van der Waals surface area contributed by atoms with Crippen LogP contribution in [0.3, 0.4) is 0 Å². The van der Waals surface area contributed by atoms with Gasteiger partial charge in [0.05, 0.1) is 16.2 Å². The van der Waals surface area contributed by atoms with Crippen LogP contribution in [0.2, 0.25) is 0 Å². The Kier molecular flexibility index (Phi) is 5.64. The lowest BCUT2D eigenvalue weighted by atomic mass is 10.1. The van der Waals surface area contributed by atoms with Gasteiger partial charge in [-0.2, -0.15) is 0 Å². The number of benzene rings is 1. The van der Waals surface area contributed by atoms with Crippen LogP contribution in [0.15, 0.2) is 41.6 Å². The largest absolute Gasteiger partial charge is 0.323 e. The number of thioether (sulfide) groups is 1. The fraction of sp³-hybridized carbons (Fsp3) is 0.333. The van der Waals surface area contributed by atoms with Gasteiger partial charge in [-0.05, 0) is 56.2 Å². The average Bonchev–Trinajstić information content (AvgIpc) is 2.68. The first-order valence-electron chi connectivity index (χ1n) is 9.59. The zero-order valence-electron chi connectivity index (χ0n) is 16.7. The normalized spacial score (nSPS) is 19.2. The maximum Gasteiger partial charge on any atom is 0.226 e. The molecule has 150 valence electrons. The van der Waals surface area contributed by atoms with Crippen LogP contribution in [0.4, 0.5) is 5.95 Å². The van der Waals surface area contributed by atoms with Crippen molar-refractivity contribution in [1.29, 1.82) is 0 Å². The number of anilines is 1. The molecule has 3 aromatic rings. The topological polar surface area (TPSA) is 91.8 Å². The third-order valence-electron chi connectivity index (χ3n) is 4.98. The van der Waals surface area contributed by atoms with Crippen LogP contribution >= 0.6 is 11.8 Å². The highest BCUT2D eigenvalue weighted by atomic mass is 32.2. The lowest BCUT2D eigenvalue weighted by Gasteiger charge is -2.31. The molecule has 1 amide bonds. The molecule has 2 aromatic heterocycles. The number of hydrogen-bond acceptors (Lipinski definition) is 7. The summed E-state index contributed by atoms with van der Waals surface area (Å²) in [6, 6.07) is 10.0. The molecule has 0 bridgehead atoms. The predicted molar refractivity (Wildman–Crippen MR) is 116 cm³/mol. The molecule has 0 spiro atoms. The first-order chi connectivity index (χ1) is 14.0. The van der Waals surface area contributed by atoms with Gasteiger partial charge in [-0.25, -0.2) is 15.0 Å². The van der Waals surface area contributed by atoms with Crippen molar-refractivity contribution in [1.82, 2.24) is 25.6 Å². The van der Waals surface area contributed by atoms with E-state index in [4.69, 9.17) is 0 Å². The van der Waals surface area contributed by atoms with Crippen LogP contribution in [0.25, 0.3) is 10.9 Å². The average molecular weight is 409 g/mol. The molecule has 0 radical (unpaired) electrons. The fourth-order valence-corrected chi connectivity index (χ4v) is 4.21. The van der Waals surface area contributed by atoms with Crippen molar-refractivity contribution in [3.8, 4) is 0 Å². The van der Waals surface area contributed by atoms with Gasteiger partial charge in [-0.15, -0.1) is 11.8 Å². The molecule has 1 saturated heterocycles. The first-order valence-corrected chi connectivity index (χ1v) is 10.6. The number of carbonyl (C=O) groups is 1. The van der Waals surface area contributed by atoms with Gasteiger partial charge in [0, 0.05) is 29.8 Å². The van der Waals surface area contributed by atoms with Gasteiger partial charge in [0.2, 0.25) is 11.9 Å². The number of amides is 1. The number of hydrogen-bond donors (Lipinski definition) is 3. The van der Waals surface area contributed by atoms with E-state index in [1.165, 1.54) is 11.1 Å². The van der Waals surface area contributed by atoms with E-state index in [-0.39, 0.29) is 11.9 Å². The van der Waals surface area contributed by atoms with Gasteiger partial charge in [0.1, 0.15) is 0 Å². The predicted octanol–water partition coefficient (Wildman–Crippen LogP) is 2.92. The Morgan fingerprint density at radius 1 is 1.17 bits per heavy atom. The van der Waals surface area contributed by atoms with Crippen molar-refractivity contribution in [2.45, 2.75) is 44.5 Å². The van der Waals surface area contributed by atoms with Gasteiger partial charge >= 0.3 is 0 Å². The minimum Gasteiger partial charge on any atom is -0.323 e. The molecule has 2 unspecified atom stereocenters. The minimum atomic E-state index is -0.422. The van der Waals surface area contributed by atoms with Crippen molar-refractivity contribution in [3.63, 3.8) is 0 Å². The Morgan fingerprint density at radius 2 is 2.00 bits per heavy atom. The molecule has 3 heterocycles. The number of aromatic nitrogens is 3. The van der Waals surface area contributed by atoms with Gasteiger partial charge in [0.15, 0.2) is 6.29 Å². The Hall–Kier alpha value is -2.71. The zero-order valence-corrected chi connectivity index (χ0v) is 17.5. The molecule has 0 saturated carbocycles. The third-order valence-corrected chi connectivity index (χ3v) is 6.09. The molecule has 1 aliphatic heterocycles. The molecular weight excluding hydrogens is 384 g/mol. The van der Waals surface area contributed by atoms with E-state index >= 15 is 0 Å². The summed E-state index contributed by atoms with van der Waals surface area (Å²) >= 11 is 1.63. The monoisotopic (exact) mass is 408 g/mol. The summed E-state index contributed by atoms with van der Waals surface area (Å²) < 4.78 is 0. The summed E-state index contributed by atoms with van der Waals surface area (Å²) in [6.07, 6.45) is 1.78. The molecule has 1 aliphatic rings. The van der Waals surface area contributed by atoms with E-state index in [1.54, 1.807) is 18.0 Å². The van der Waals surface area contributed by atoms with Gasteiger partial charge in [-0.1, -0.05) is 6.07 Å². The summed E-state index contributed by atoms with van der Waals surface area (Å²) in [4.78, 5) is 25.7. The highest BCUT2D eigenvalue weighted by molar-refractivity contribution is 7.99. The van der Waals surface area contributed by atoms with E-state index in [1.807, 2.05) is 25.1 Å². The maximum absolute atomic E-state index is 12.2. The van der Waals surface area contributed by atoms with Crippen LogP contribution in [0.5, 0.6) is 0 Å². The quantitative estimate of drug-likeness (QED) is 0.559. The Balaban J connectivity index is 1.46. The van der Waals surface area contributed by atoms with E-state index in [0.717, 1.165) is 27.4 Å². The first kappa shape index (κ1) is 19.6. The molecule has 1 aromatic carbocycles. The Labute approximate surface area is 174 Å². The summed E-state index contributed by atoms with van der Waals surface area (Å²) in [5.41, 5.74) is 4.22. The van der Waals surface area contributed by atoms with Crippen molar-refractivity contribution in [2.24, 2.45) is 0 Å². The van der Waals surface area contributed by atoms with Gasteiger partial charge in [0.25, 0.3) is 0 Å². The van der Waals surface area contributed by atoms with Gasteiger partial charge in [-0.3, -0.25) is 10.1 Å². The van der Waals surface area contributed by atoms with E-state index in [2.05, 4.69) is 56.9 Å². The summed E-state index contributed by atoms with van der Waals surface area (Å²) in [6.45, 7) is 6.14. The molecule has 0 aliphatic carbocycles. The number of nitrogens with one attached hydrogen (secondary N) is 3. The van der Waals surface area contributed by atoms with E-state index in [9.17, 15) is 4.79 Å². The molecular formula is C21H24N6OS. The number of rotatable bonds is 5. The fourth-order valence-electron chi connectivity index (χ4n) is 3.32. The lowest BCUT2D eigenvalue weighted by Crippen LogP contribution is -2.60. The second kappa shape index (κ2) is 8.34. The second-order valence-electron chi connectivity index (χ2n) is 7.28. The van der Waals surface area contributed by atoms with E-state index < -0.39 is 6.29 Å². The smallest absolute Gasteiger partial charge is 0.226 e. The number of pyridine rings is 1. The van der Waals surface area contributed by atoms with Crippen LogP contribution in [0.1, 0.15) is 23.2 Å². The second-order valence-corrected chi connectivity index (χ2v) is 8.32. The van der Waals surface area contributed by atoms with Crippen LogP contribution in [-0.4, -0.2) is 38.9 Å².